The third-order valence-electron chi connectivity index (χ3n) is 4.75. The average molecular weight is 432 g/mol. The highest BCUT2D eigenvalue weighted by Crippen LogP contribution is 2.21. The number of phenolic OH excluding ortho intramolecular Hbond substituents is 1. The summed E-state index contributed by atoms with van der Waals surface area (Å²) < 4.78 is 28.7. The lowest BCUT2D eigenvalue weighted by Crippen LogP contribution is -2.10. The smallest absolute Gasteiger partial charge is 0.248 e. The zero-order valence-electron chi connectivity index (χ0n) is 16.7. The highest BCUT2D eigenvalue weighted by molar-refractivity contribution is 5.98. The number of amides is 1. The number of benzene rings is 3. The molecule has 4 N–H and O–H groups in total. The van der Waals surface area contributed by atoms with E-state index >= 15 is 0 Å². The fourth-order valence-electron chi connectivity index (χ4n) is 3.14. The second kappa shape index (κ2) is 9.53. The van der Waals surface area contributed by atoms with Crippen LogP contribution in [0, 0.1) is 28.4 Å². The van der Waals surface area contributed by atoms with E-state index in [4.69, 9.17) is 21.5 Å². The second-order valence-electron chi connectivity index (χ2n) is 6.81. The summed E-state index contributed by atoms with van der Waals surface area (Å²) in [4.78, 5) is 10.6. The van der Waals surface area contributed by atoms with Crippen LogP contribution in [0.2, 0.25) is 0 Å². The molecule has 0 atom stereocenters. The first-order valence-corrected chi connectivity index (χ1v) is 9.39. The van der Waals surface area contributed by atoms with Crippen LogP contribution in [0.3, 0.4) is 0 Å². The van der Waals surface area contributed by atoms with Crippen LogP contribution in [-0.4, -0.2) is 21.8 Å². The van der Waals surface area contributed by atoms with Gasteiger partial charge in [-0.3, -0.25) is 4.79 Å². The summed E-state index contributed by atoms with van der Waals surface area (Å²) in [5.74, 6) is -1.64. The molecule has 0 saturated carbocycles. The van der Waals surface area contributed by atoms with Crippen LogP contribution in [0.25, 0.3) is 10.9 Å². The fourth-order valence-corrected chi connectivity index (χ4v) is 3.14. The molecule has 1 amide bonds. The first kappa shape index (κ1) is 22.2. The molecule has 0 aliphatic rings. The van der Waals surface area contributed by atoms with Crippen molar-refractivity contribution in [3.8, 4) is 11.8 Å². The minimum absolute atomic E-state index is 0.0475. The molecule has 0 fully saturated rings. The number of carbonyl (C=O) groups is 1. The molecule has 4 aromatic rings. The normalized spacial score (nSPS) is 10.2. The largest absolute Gasteiger partial charge is 0.507 e. The van der Waals surface area contributed by atoms with Gasteiger partial charge < -0.3 is 20.8 Å². The summed E-state index contributed by atoms with van der Waals surface area (Å²) in [5, 5.41) is 25.8. The number of fused-ring (bicyclic) bond motifs is 1. The molecule has 6 nitrogen and oxygen atoms in total. The fraction of sp³-hybridized carbons (Fsp3) is 0.0417. The maximum atomic E-state index is 13.7. The van der Waals surface area contributed by atoms with Gasteiger partial charge in [0.2, 0.25) is 5.91 Å². The lowest BCUT2D eigenvalue weighted by molar-refractivity contribution is 0.1000. The third kappa shape index (κ3) is 4.79. The monoisotopic (exact) mass is 432 g/mol. The Balaban J connectivity index is 0.000000207. The van der Waals surface area contributed by atoms with Gasteiger partial charge in [0.25, 0.3) is 0 Å². The summed E-state index contributed by atoms with van der Waals surface area (Å²) in [6.45, 7) is 0.258. The lowest BCUT2D eigenvalue weighted by Gasteiger charge is -2.07. The number of phenols is 1. The number of nitriles is 1. The van der Waals surface area contributed by atoms with Crippen molar-refractivity contribution in [3.05, 3.63) is 101 Å². The van der Waals surface area contributed by atoms with Crippen LogP contribution in [-0.2, 0) is 6.54 Å². The van der Waals surface area contributed by atoms with E-state index in [1.807, 2.05) is 35.0 Å². The van der Waals surface area contributed by atoms with E-state index in [0.717, 1.165) is 28.6 Å². The second-order valence-corrected chi connectivity index (χ2v) is 6.81. The van der Waals surface area contributed by atoms with E-state index in [1.54, 1.807) is 6.07 Å². The number of hydrogen-bond donors (Lipinski definition) is 3. The SMILES string of the molecule is N#Cc1cc(C(N)=O)ccc1O.N=Cc1cccc2c1ccn2Cc1cc(F)ccc1F. The number of hydrogen-bond acceptors (Lipinski definition) is 4. The van der Waals surface area contributed by atoms with Crippen molar-refractivity contribution in [2.24, 2.45) is 5.73 Å². The van der Waals surface area contributed by atoms with Crippen molar-refractivity contribution in [1.82, 2.24) is 4.57 Å². The van der Waals surface area contributed by atoms with Gasteiger partial charge in [0.15, 0.2) is 0 Å². The minimum atomic E-state index is -0.619. The molecule has 0 saturated heterocycles. The molecule has 8 heteroatoms. The zero-order valence-corrected chi connectivity index (χ0v) is 16.7. The number of aromatic nitrogens is 1. The molecule has 160 valence electrons. The van der Waals surface area contributed by atoms with Crippen LogP contribution in [0.4, 0.5) is 8.78 Å². The number of carbonyl (C=O) groups excluding carboxylic acids is 1. The van der Waals surface area contributed by atoms with E-state index in [-0.39, 0.29) is 23.4 Å². The van der Waals surface area contributed by atoms with Crippen molar-refractivity contribution in [2.75, 3.05) is 0 Å². The van der Waals surface area contributed by atoms with Crippen molar-refractivity contribution in [3.63, 3.8) is 0 Å². The quantitative estimate of drug-likeness (QED) is 0.417. The first-order valence-electron chi connectivity index (χ1n) is 9.39. The molecular formula is C24H18F2N4O2. The van der Waals surface area contributed by atoms with Crippen molar-refractivity contribution in [1.29, 1.82) is 10.7 Å². The van der Waals surface area contributed by atoms with Crippen molar-refractivity contribution >= 4 is 23.0 Å². The van der Waals surface area contributed by atoms with E-state index in [1.165, 1.54) is 30.5 Å². The van der Waals surface area contributed by atoms with Crippen LogP contribution in [0.15, 0.2) is 66.9 Å². The van der Waals surface area contributed by atoms with Gasteiger partial charge in [-0.25, -0.2) is 8.78 Å². The van der Waals surface area contributed by atoms with Gasteiger partial charge in [0, 0.05) is 40.0 Å². The third-order valence-corrected chi connectivity index (χ3v) is 4.75. The molecule has 1 heterocycles. The highest BCUT2D eigenvalue weighted by atomic mass is 19.1. The number of nitrogens with one attached hydrogen (secondary N) is 1. The lowest BCUT2D eigenvalue weighted by atomic mass is 10.1. The van der Waals surface area contributed by atoms with Gasteiger partial charge in [-0.1, -0.05) is 12.1 Å². The Hall–Kier alpha value is -4.51. The number of nitrogens with zero attached hydrogens (tertiary/aromatic N) is 2. The summed E-state index contributed by atoms with van der Waals surface area (Å²) in [6, 6.07) is 16.5. The molecule has 0 aliphatic carbocycles. The minimum Gasteiger partial charge on any atom is -0.507 e. The Kier molecular flexibility index (Phi) is 6.61. The van der Waals surface area contributed by atoms with Gasteiger partial charge >= 0.3 is 0 Å². The number of rotatable bonds is 4. The maximum Gasteiger partial charge on any atom is 0.248 e. The number of halogens is 2. The van der Waals surface area contributed by atoms with Gasteiger partial charge in [0.1, 0.15) is 23.5 Å². The Bertz CT molecular complexity index is 1360. The molecule has 3 aromatic carbocycles. The molecule has 0 spiro atoms. The number of aromatic hydroxyl groups is 1. The molecular weight excluding hydrogens is 414 g/mol. The van der Waals surface area contributed by atoms with Gasteiger partial charge in [0.05, 0.1) is 12.1 Å². The molecule has 0 unspecified atom stereocenters. The van der Waals surface area contributed by atoms with E-state index in [2.05, 4.69) is 0 Å². The molecule has 4 rings (SSSR count). The van der Waals surface area contributed by atoms with Crippen molar-refractivity contribution in [2.45, 2.75) is 6.54 Å². The average Bonchev–Trinajstić information content (AvgIpc) is 3.20. The molecule has 0 bridgehead atoms. The Morgan fingerprint density at radius 1 is 1.16 bits per heavy atom. The predicted octanol–water partition coefficient (Wildman–Crippen LogP) is 4.33. The molecule has 1 aromatic heterocycles. The number of primary amides is 1. The Morgan fingerprint density at radius 3 is 2.62 bits per heavy atom. The van der Waals surface area contributed by atoms with Crippen molar-refractivity contribution < 1.29 is 18.7 Å². The first-order chi connectivity index (χ1) is 15.3. The zero-order chi connectivity index (χ0) is 23.3. The molecule has 0 radical (unpaired) electrons. The standard InChI is InChI=1S/C16H12F2N2.C8H6N2O2/c17-13-4-5-15(18)12(8-13)10-20-7-6-14-11(9-19)2-1-3-16(14)20;9-4-6-3-5(8(10)12)1-2-7(6)11/h1-9,19H,10H2;1-3,11H,(H2,10,12). The molecule has 0 aliphatic heterocycles. The van der Waals surface area contributed by atoms with E-state index in [9.17, 15) is 13.6 Å². The number of nitrogens with two attached hydrogens (primary N) is 1. The van der Waals surface area contributed by atoms with Crippen LogP contribution < -0.4 is 5.73 Å². The summed E-state index contributed by atoms with van der Waals surface area (Å²) in [6.07, 6.45) is 3.11. The Morgan fingerprint density at radius 2 is 1.94 bits per heavy atom. The highest BCUT2D eigenvalue weighted by Gasteiger charge is 2.08. The Labute approximate surface area is 182 Å². The van der Waals surface area contributed by atoms with Gasteiger partial charge in [-0.2, -0.15) is 5.26 Å². The summed E-state index contributed by atoms with van der Waals surface area (Å²) in [5.41, 5.74) is 7.23. The van der Waals surface area contributed by atoms with E-state index in [0.29, 0.717) is 5.56 Å². The van der Waals surface area contributed by atoms with Crippen LogP contribution in [0.5, 0.6) is 5.75 Å². The van der Waals surface area contributed by atoms with Crippen LogP contribution in [0.1, 0.15) is 27.0 Å². The van der Waals surface area contributed by atoms with Gasteiger partial charge in [-0.05, 0) is 48.5 Å². The topological polar surface area (TPSA) is 116 Å². The molecule has 32 heavy (non-hydrogen) atoms. The summed E-state index contributed by atoms with van der Waals surface area (Å²) >= 11 is 0. The maximum absolute atomic E-state index is 13.7. The van der Waals surface area contributed by atoms with Crippen LogP contribution >= 0.6 is 0 Å². The van der Waals surface area contributed by atoms with Gasteiger partial charge in [-0.15, -0.1) is 0 Å². The van der Waals surface area contributed by atoms with E-state index < -0.39 is 17.5 Å². The predicted molar refractivity (Wildman–Crippen MR) is 117 cm³/mol. The summed E-state index contributed by atoms with van der Waals surface area (Å²) in [7, 11) is 0.